The fraction of sp³-hybridized carbons (Fsp3) is 0.167. The number of halogens is 3. The number of benzene rings is 2. The number of hydrogen-bond acceptors (Lipinski definition) is 6. The predicted octanol–water partition coefficient (Wildman–Crippen LogP) is 3.69. The first kappa shape index (κ1) is 19.8. The molecule has 148 valence electrons. The average Bonchev–Trinajstić information content (AvgIpc) is 3.19. The summed E-state index contributed by atoms with van der Waals surface area (Å²) in [6.45, 7) is -0.292. The maximum absolute atomic E-state index is 12.9. The molecule has 0 spiro atoms. The molecule has 0 saturated carbocycles. The van der Waals surface area contributed by atoms with E-state index < -0.39 is 29.8 Å². The minimum atomic E-state index is -0.983. The number of rotatable bonds is 4. The number of carbonyl (C=O) groups excluding carboxylic acids is 3. The van der Waals surface area contributed by atoms with E-state index in [1.54, 1.807) is 42.5 Å². The van der Waals surface area contributed by atoms with E-state index >= 15 is 0 Å². The molecule has 0 aliphatic carbocycles. The van der Waals surface area contributed by atoms with Crippen molar-refractivity contribution in [3.8, 4) is 0 Å². The van der Waals surface area contributed by atoms with Gasteiger partial charge in [0.1, 0.15) is 6.54 Å². The SMILES string of the molecule is O=C(CN1N=N[C@H]2C(=O)N(c3ccc(Br)cc3)C(=O)[C@H]21)Nc1c(Cl)cccc1Cl. The molecule has 0 unspecified atom stereocenters. The van der Waals surface area contributed by atoms with Gasteiger partial charge in [0.2, 0.25) is 5.91 Å². The van der Waals surface area contributed by atoms with E-state index in [2.05, 4.69) is 31.6 Å². The van der Waals surface area contributed by atoms with Crippen LogP contribution in [0.5, 0.6) is 0 Å². The molecule has 0 bridgehead atoms. The van der Waals surface area contributed by atoms with Crippen molar-refractivity contribution in [1.29, 1.82) is 0 Å². The first-order chi connectivity index (χ1) is 13.9. The molecular weight excluding hydrogens is 485 g/mol. The molecule has 3 amide bonds. The van der Waals surface area contributed by atoms with E-state index in [0.717, 1.165) is 9.37 Å². The number of para-hydroxylation sites is 1. The number of nitrogens with one attached hydrogen (secondary N) is 1. The highest BCUT2D eigenvalue weighted by Gasteiger charge is 2.55. The van der Waals surface area contributed by atoms with Gasteiger partial charge in [0.05, 0.1) is 21.4 Å². The summed E-state index contributed by atoms with van der Waals surface area (Å²) in [4.78, 5) is 39.1. The molecule has 2 aliphatic rings. The molecule has 0 aromatic heterocycles. The van der Waals surface area contributed by atoms with Crippen LogP contribution in [0.15, 0.2) is 57.3 Å². The van der Waals surface area contributed by atoms with E-state index in [9.17, 15) is 14.4 Å². The van der Waals surface area contributed by atoms with Crippen molar-refractivity contribution < 1.29 is 14.4 Å². The van der Waals surface area contributed by atoms with E-state index in [-0.39, 0.29) is 22.3 Å². The molecule has 2 aromatic rings. The second-order valence-corrected chi connectivity index (χ2v) is 8.06. The van der Waals surface area contributed by atoms with Gasteiger partial charge in [-0.05, 0) is 36.4 Å². The summed E-state index contributed by atoms with van der Waals surface area (Å²) < 4.78 is 0.816. The number of carbonyl (C=O) groups is 3. The molecule has 0 radical (unpaired) electrons. The van der Waals surface area contributed by atoms with Gasteiger partial charge < -0.3 is 5.32 Å². The van der Waals surface area contributed by atoms with Crippen LogP contribution in [0.1, 0.15) is 0 Å². The molecule has 2 aromatic carbocycles. The maximum atomic E-state index is 12.9. The molecule has 1 N–H and O–H groups in total. The fourth-order valence-corrected chi connectivity index (χ4v) is 3.90. The Balaban J connectivity index is 1.50. The summed E-state index contributed by atoms with van der Waals surface area (Å²) in [6, 6.07) is 9.62. The van der Waals surface area contributed by atoms with Gasteiger partial charge >= 0.3 is 0 Å². The second-order valence-electron chi connectivity index (χ2n) is 6.33. The van der Waals surface area contributed by atoms with Crippen LogP contribution >= 0.6 is 39.1 Å². The van der Waals surface area contributed by atoms with Crippen LogP contribution in [-0.4, -0.2) is 41.4 Å². The van der Waals surface area contributed by atoms with Crippen LogP contribution in [0.2, 0.25) is 10.0 Å². The highest BCUT2D eigenvalue weighted by atomic mass is 79.9. The van der Waals surface area contributed by atoms with Crippen LogP contribution in [0.25, 0.3) is 0 Å². The van der Waals surface area contributed by atoms with Crippen LogP contribution in [-0.2, 0) is 14.4 Å². The number of hydrogen-bond donors (Lipinski definition) is 1. The van der Waals surface area contributed by atoms with Crippen molar-refractivity contribution in [2.45, 2.75) is 12.1 Å². The third-order valence-corrected chi connectivity index (χ3v) is 5.63. The largest absolute Gasteiger partial charge is 0.322 e. The number of fused-ring (bicyclic) bond motifs is 1. The zero-order valence-corrected chi connectivity index (χ0v) is 17.6. The summed E-state index contributed by atoms with van der Waals surface area (Å²) in [7, 11) is 0. The standard InChI is InChI=1S/C18H12BrCl2N5O3/c19-9-4-6-10(7-5-9)26-17(28)15-16(18(26)29)25(24-23-15)8-13(27)22-14-11(20)2-1-3-12(14)21/h1-7,15-16H,8H2,(H,22,27)/t15-,16+/m1/s1. The molecule has 29 heavy (non-hydrogen) atoms. The van der Waals surface area contributed by atoms with Crippen molar-refractivity contribution in [2.24, 2.45) is 10.3 Å². The maximum Gasteiger partial charge on any atom is 0.263 e. The number of anilines is 2. The lowest BCUT2D eigenvalue weighted by molar-refractivity contribution is -0.123. The Labute approximate surface area is 183 Å². The summed E-state index contributed by atoms with van der Waals surface area (Å²) in [6.07, 6.45) is 0. The minimum Gasteiger partial charge on any atom is -0.322 e. The van der Waals surface area contributed by atoms with Crippen LogP contribution in [0.3, 0.4) is 0 Å². The summed E-state index contributed by atoms with van der Waals surface area (Å²) in [5, 5.41) is 12.1. The number of amides is 3. The summed E-state index contributed by atoms with van der Waals surface area (Å²) >= 11 is 15.4. The highest BCUT2D eigenvalue weighted by molar-refractivity contribution is 9.10. The number of nitrogens with zero attached hydrogens (tertiary/aromatic N) is 4. The van der Waals surface area contributed by atoms with Crippen molar-refractivity contribution in [3.63, 3.8) is 0 Å². The molecule has 2 aliphatic heterocycles. The van der Waals surface area contributed by atoms with Gasteiger partial charge in [-0.2, -0.15) is 5.11 Å². The van der Waals surface area contributed by atoms with Crippen LogP contribution in [0, 0.1) is 0 Å². The Kier molecular flexibility index (Phi) is 5.28. The molecule has 2 atom stereocenters. The quantitative estimate of drug-likeness (QED) is 0.653. The van der Waals surface area contributed by atoms with Gasteiger partial charge in [0, 0.05) is 4.47 Å². The summed E-state index contributed by atoms with van der Waals surface area (Å²) in [5.74, 6) is -1.47. The minimum absolute atomic E-state index is 0.263. The topological polar surface area (TPSA) is 94.4 Å². The van der Waals surface area contributed by atoms with E-state index in [0.29, 0.717) is 5.69 Å². The predicted molar refractivity (Wildman–Crippen MR) is 111 cm³/mol. The third-order valence-electron chi connectivity index (χ3n) is 4.48. The third kappa shape index (κ3) is 3.61. The van der Waals surface area contributed by atoms with Gasteiger partial charge in [-0.25, -0.2) is 4.90 Å². The first-order valence-corrected chi connectivity index (χ1v) is 9.96. The molecule has 1 fully saturated rings. The molecule has 4 rings (SSSR count). The zero-order chi connectivity index (χ0) is 20.7. The normalized spacial score (nSPS) is 20.4. The Morgan fingerprint density at radius 1 is 1.07 bits per heavy atom. The van der Waals surface area contributed by atoms with Crippen LogP contribution in [0.4, 0.5) is 11.4 Å². The number of imide groups is 1. The fourth-order valence-electron chi connectivity index (χ4n) is 3.14. The average molecular weight is 497 g/mol. The smallest absolute Gasteiger partial charge is 0.263 e. The van der Waals surface area contributed by atoms with Crippen molar-refractivity contribution >= 4 is 68.2 Å². The lowest BCUT2D eigenvalue weighted by atomic mass is 10.1. The van der Waals surface area contributed by atoms with Gasteiger partial charge in [0.15, 0.2) is 12.1 Å². The molecule has 8 nitrogen and oxygen atoms in total. The summed E-state index contributed by atoms with van der Waals surface area (Å²) in [5.41, 5.74) is 0.693. The molecule has 1 saturated heterocycles. The Hall–Kier alpha value is -2.49. The van der Waals surface area contributed by atoms with E-state index in [1.807, 2.05) is 0 Å². The van der Waals surface area contributed by atoms with Gasteiger partial charge in [-0.1, -0.05) is 50.4 Å². The van der Waals surface area contributed by atoms with Gasteiger partial charge in [0.25, 0.3) is 11.8 Å². The van der Waals surface area contributed by atoms with Crippen molar-refractivity contribution in [1.82, 2.24) is 5.01 Å². The van der Waals surface area contributed by atoms with Gasteiger partial charge in [-0.15, -0.1) is 0 Å². The molecule has 2 heterocycles. The highest BCUT2D eigenvalue weighted by Crippen LogP contribution is 2.33. The molecular formula is C18H12BrCl2N5O3. The van der Waals surface area contributed by atoms with Crippen LogP contribution < -0.4 is 10.2 Å². The van der Waals surface area contributed by atoms with Crippen molar-refractivity contribution in [2.75, 3.05) is 16.8 Å². The van der Waals surface area contributed by atoms with E-state index in [4.69, 9.17) is 23.2 Å². The monoisotopic (exact) mass is 495 g/mol. The van der Waals surface area contributed by atoms with Gasteiger partial charge in [-0.3, -0.25) is 19.4 Å². The molecule has 11 heteroatoms. The first-order valence-electron chi connectivity index (χ1n) is 8.41. The Morgan fingerprint density at radius 3 is 2.38 bits per heavy atom. The second kappa shape index (κ2) is 7.74. The Bertz CT molecular complexity index is 1030. The van der Waals surface area contributed by atoms with E-state index in [1.165, 1.54) is 5.01 Å². The van der Waals surface area contributed by atoms with Crippen molar-refractivity contribution in [3.05, 3.63) is 57.0 Å². The zero-order valence-electron chi connectivity index (χ0n) is 14.6. The Morgan fingerprint density at radius 2 is 1.72 bits per heavy atom. The lowest BCUT2D eigenvalue weighted by Gasteiger charge is -2.20. The lowest BCUT2D eigenvalue weighted by Crippen LogP contribution is -2.43.